The Morgan fingerprint density at radius 1 is 1.05 bits per heavy atom. The van der Waals surface area contributed by atoms with Crippen LogP contribution in [-0.2, 0) is 0 Å². The van der Waals surface area contributed by atoms with Crippen molar-refractivity contribution in [2.24, 2.45) is 0 Å². The lowest BCUT2D eigenvalue weighted by molar-refractivity contribution is 0.0582. The van der Waals surface area contributed by atoms with Gasteiger partial charge < -0.3 is 34.9 Å². The van der Waals surface area contributed by atoms with Gasteiger partial charge >= 0.3 is 0 Å². The standard InChI is InChI=1S/C26H32ClN7O3/c1-28-23-20-18(27)15-29-24(20)32-26(31-23)30-19-6-5-17(21-22(19)37-14-13-36-21)25(35)34-11-7-16(8-12-34)33-9-3-2-4-10-33/h5-6,15-16H,2-4,7-14H2,1H3,(H3,28,29,30,31,32). The lowest BCUT2D eigenvalue weighted by Crippen LogP contribution is -2.48. The van der Waals surface area contributed by atoms with Crippen LogP contribution in [0.4, 0.5) is 17.5 Å². The summed E-state index contributed by atoms with van der Waals surface area (Å²) in [7, 11) is 1.78. The van der Waals surface area contributed by atoms with Crippen molar-refractivity contribution in [2.45, 2.75) is 38.1 Å². The first kappa shape index (κ1) is 24.1. The second-order valence-corrected chi connectivity index (χ2v) is 10.2. The topological polar surface area (TPSA) is 108 Å². The molecule has 37 heavy (non-hydrogen) atoms. The number of amides is 1. The number of rotatable bonds is 5. The van der Waals surface area contributed by atoms with Crippen LogP contribution in [0, 0.1) is 0 Å². The van der Waals surface area contributed by atoms with Gasteiger partial charge in [-0.2, -0.15) is 9.97 Å². The number of hydrogen-bond donors (Lipinski definition) is 3. The highest BCUT2D eigenvalue weighted by Gasteiger charge is 2.31. The number of anilines is 3. The minimum absolute atomic E-state index is 0.0124. The monoisotopic (exact) mass is 525 g/mol. The number of piperidine rings is 2. The zero-order chi connectivity index (χ0) is 25.4. The Morgan fingerprint density at radius 3 is 2.57 bits per heavy atom. The number of carbonyl (C=O) groups excluding carboxylic acids is 1. The van der Waals surface area contributed by atoms with Gasteiger partial charge in [0.05, 0.1) is 21.7 Å². The molecule has 0 aliphatic carbocycles. The molecule has 0 bridgehead atoms. The highest BCUT2D eigenvalue weighted by atomic mass is 35.5. The first-order valence-corrected chi connectivity index (χ1v) is 13.5. The van der Waals surface area contributed by atoms with Crippen molar-refractivity contribution >= 4 is 46.0 Å². The van der Waals surface area contributed by atoms with Gasteiger partial charge in [0.25, 0.3) is 5.91 Å². The van der Waals surface area contributed by atoms with E-state index >= 15 is 0 Å². The molecule has 1 aromatic carbocycles. The fraction of sp³-hybridized carbons (Fsp3) is 0.500. The van der Waals surface area contributed by atoms with Gasteiger partial charge in [-0.05, 0) is 50.9 Å². The number of aromatic amines is 1. The summed E-state index contributed by atoms with van der Waals surface area (Å²) in [6.45, 7) is 4.68. The maximum atomic E-state index is 13.6. The number of ether oxygens (including phenoxy) is 2. The maximum absolute atomic E-state index is 13.6. The van der Waals surface area contributed by atoms with Crippen molar-refractivity contribution in [2.75, 3.05) is 57.1 Å². The summed E-state index contributed by atoms with van der Waals surface area (Å²) in [4.78, 5) is 30.3. The molecule has 0 unspecified atom stereocenters. The number of nitrogens with zero attached hydrogens (tertiary/aromatic N) is 4. The van der Waals surface area contributed by atoms with Crippen LogP contribution in [0.1, 0.15) is 42.5 Å². The van der Waals surface area contributed by atoms with Crippen molar-refractivity contribution in [3.63, 3.8) is 0 Å². The Hall–Kier alpha value is -3.24. The van der Waals surface area contributed by atoms with Gasteiger partial charge in [0.1, 0.15) is 24.7 Å². The van der Waals surface area contributed by atoms with Crippen LogP contribution in [0.15, 0.2) is 18.3 Å². The van der Waals surface area contributed by atoms with E-state index in [1.54, 1.807) is 19.3 Å². The summed E-state index contributed by atoms with van der Waals surface area (Å²) < 4.78 is 12.0. The second-order valence-electron chi connectivity index (χ2n) is 9.77. The second kappa shape index (κ2) is 10.3. The van der Waals surface area contributed by atoms with Gasteiger partial charge in [0, 0.05) is 32.4 Å². The summed E-state index contributed by atoms with van der Waals surface area (Å²) in [6.07, 6.45) is 7.63. The fourth-order valence-electron chi connectivity index (χ4n) is 5.64. The molecule has 2 fully saturated rings. The van der Waals surface area contributed by atoms with E-state index in [1.165, 1.54) is 32.4 Å². The molecule has 11 heteroatoms. The van der Waals surface area contributed by atoms with Crippen LogP contribution in [-0.4, -0.2) is 83.1 Å². The van der Waals surface area contributed by atoms with E-state index in [2.05, 4.69) is 30.5 Å². The molecule has 196 valence electrons. The molecular formula is C26H32ClN7O3. The van der Waals surface area contributed by atoms with Crippen molar-refractivity contribution in [1.82, 2.24) is 24.8 Å². The van der Waals surface area contributed by atoms with E-state index in [-0.39, 0.29) is 5.91 Å². The first-order valence-electron chi connectivity index (χ1n) is 13.1. The number of aromatic nitrogens is 3. The van der Waals surface area contributed by atoms with Gasteiger partial charge in [0.2, 0.25) is 5.95 Å². The summed E-state index contributed by atoms with van der Waals surface area (Å²) >= 11 is 6.28. The molecule has 10 nitrogen and oxygen atoms in total. The fourth-order valence-corrected chi connectivity index (χ4v) is 5.88. The number of carbonyl (C=O) groups is 1. The molecule has 5 heterocycles. The van der Waals surface area contributed by atoms with Crippen LogP contribution in [0.25, 0.3) is 11.0 Å². The van der Waals surface area contributed by atoms with Gasteiger partial charge in [-0.25, -0.2) is 0 Å². The first-order chi connectivity index (χ1) is 18.1. The predicted molar refractivity (Wildman–Crippen MR) is 144 cm³/mol. The average Bonchev–Trinajstić information content (AvgIpc) is 3.33. The Labute approximate surface area is 220 Å². The number of fused-ring (bicyclic) bond motifs is 2. The third-order valence-corrected chi connectivity index (χ3v) is 7.84. The lowest BCUT2D eigenvalue weighted by Gasteiger charge is -2.40. The third kappa shape index (κ3) is 4.64. The number of nitrogens with one attached hydrogen (secondary N) is 3. The van der Waals surface area contributed by atoms with E-state index in [4.69, 9.17) is 21.1 Å². The van der Waals surface area contributed by atoms with Crippen LogP contribution in [0.5, 0.6) is 11.5 Å². The molecule has 0 spiro atoms. The van der Waals surface area contributed by atoms with Crippen molar-refractivity contribution in [1.29, 1.82) is 0 Å². The molecule has 3 N–H and O–H groups in total. The van der Waals surface area contributed by atoms with Gasteiger partial charge in [-0.15, -0.1) is 0 Å². The lowest BCUT2D eigenvalue weighted by atomic mass is 9.99. The van der Waals surface area contributed by atoms with Crippen molar-refractivity contribution < 1.29 is 14.3 Å². The normalized spacial score (nSPS) is 18.7. The van der Waals surface area contributed by atoms with Crippen LogP contribution >= 0.6 is 11.6 Å². The Bertz CT molecular complexity index is 1300. The summed E-state index contributed by atoms with van der Waals surface area (Å²) in [5.74, 6) is 1.92. The van der Waals surface area contributed by atoms with Gasteiger partial charge in [0.15, 0.2) is 11.5 Å². The highest BCUT2D eigenvalue weighted by Crippen LogP contribution is 2.42. The summed E-state index contributed by atoms with van der Waals surface area (Å²) in [6, 6.07) is 4.21. The molecule has 3 aromatic rings. The van der Waals surface area contributed by atoms with Crippen molar-refractivity contribution in [3.8, 4) is 11.5 Å². The molecule has 0 radical (unpaired) electrons. The average molecular weight is 526 g/mol. The van der Waals surface area contributed by atoms with E-state index < -0.39 is 0 Å². The quantitative estimate of drug-likeness (QED) is 0.453. The summed E-state index contributed by atoms with van der Waals surface area (Å²) in [5, 5.41) is 7.57. The molecule has 0 saturated carbocycles. The van der Waals surface area contributed by atoms with E-state index in [0.717, 1.165) is 31.3 Å². The zero-order valence-electron chi connectivity index (χ0n) is 21.0. The molecular weight excluding hydrogens is 494 g/mol. The number of likely N-dealkylation sites (tertiary alicyclic amines) is 2. The number of halogens is 1. The minimum Gasteiger partial charge on any atom is -0.485 e. The number of H-pyrrole nitrogens is 1. The molecule has 2 aromatic heterocycles. The Kier molecular flexibility index (Phi) is 6.69. The maximum Gasteiger partial charge on any atom is 0.257 e. The Morgan fingerprint density at radius 2 is 1.81 bits per heavy atom. The molecule has 3 aliphatic rings. The highest BCUT2D eigenvalue weighted by molar-refractivity contribution is 6.36. The number of benzene rings is 1. The predicted octanol–water partition coefficient (Wildman–Crippen LogP) is 4.26. The summed E-state index contributed by atoms with van der Waals surface area (Å²) in [5.41, 5.74) is 1.77. The molecule has 3 aliphatic heterocycles. The smallest absolute Gasteiger partial charge is 0.257 e. The SMILES string of the molecule is CNc1nc(Nc2ccc(C(=O)N3CCC(N4CCCCC4)CC3)c3c2OCCO3)nc2[nH]cc(Cl)c12. The van der Waals surface area contributed by atoms with Gasteiger partial charge in [-0.3, -0.25) is 4.79 Å². The molecule has 1 amide bonds. The molecule has 2 saturated heterocycles. The number of hydrogen-bond acceptors (Lipinski definition) is 8. The van der Waals surface area contributed by atoms with Crippen molar-refractivity contribution in [3.05, 3.63) is 28.9 Å². The van der Waals surface area contributed by atoms with Crippen LogP contribution in [0.2, 0.25) is 5.02 Å². The Balaban J connectivity index is 1.22. The largest absolute Gasteiger partial charge is 0.485 e. The third-order valence-electron chi connectivity index (χ3n) is 7.54. The van der Waals surface area contributed by atoms with Crippen LogP contribution in [0.3, 0.4) is 0 Å². The molecule has 6 rings (SSSR count). The van der Waals surface area contributed by atoms with E-state index in [9.17, 15) is 4.79 Å². The minimum atomic E-state index is -0.0124. The van der Waals surface area contributed by atoms with E-state index in [0.29, 0.717) is 64.4 Å². The molecule has 0 atom stereocenters. The zero-order valence-corrected chi connectivity index (χ0v) is 21.7. The van der Waals surface area contributed by atoms with Crippen LogP contribution < -0.4 is 20.1 Å². The van der Waals surface area contributed by atoms with E-state index in [1.807, 2.05) is 11.0 Å². The van der Waals surface area contributed by atoms with Gasteiger partial charge in [-0.1, -0.05) is 18.0 Å².